The van der Waals surface area contributed by atoms with E-state index in [0.717, 1.165) is 18.6 Å². The van der Waals surface area contributed by atoms with Crippen LogP contribution in [-0.4, -0.2) is 29.9 Å². The first-order valence-electron chi connectivity index (χ1n) is 4.62. The third-order valence-electron chi connectivity index (χ3n) is 3.24. The molecule has 0 aromatic rings. The molecule has 0 unspecified atom stereocenters. The van der Waals surface area contributed by atoms with Gasteiger partial charge in [0.05, 0.1) is 24.3 Å². The summed E-state index contributed by atoms with van der Waals surface area (Å²) in [6.45, 7) is 5.28. The fourth-order valence-electron chi connectivity index (χ4n) is 2.26. The van der Waals surface area contributed by atoms with Gasteiger partial charge in [-0.3, -0.25) is 0 Å². The van der Waals surface area contributed by atoms with Gasteiger partial charge in [-0.25, -0.2) is 0 Å². The van der Waals surface area contributed by atoms with E-state index in [1.54, 1.807) is 0 Å². The zero-order chi connectivity index (χ0) is 9.53. The zero-order valence-electron chi connectivity index (χ0n) is 8.04. The SMILES string of the molecule is CC1(C)/C(=N/O)CCC12OCCO2. The molecule has 0 aromatic carbocycles. The molecule has 1 spiro atoms. The highest BCUT2D eigenvalue weighted by Gasteiger charge is 2.57. The standard InChI is InChI=1S/C9H15NO3/c1-8(2)7(10-11)3-4-9(8)12-5-6-13-9/h11H,3-6H2,1-2H3/b10-7+. The van der Waals surface area contributed by atoms with E-state index in [1.165, 1.54) is 0 Å². The quantitative estimate of drug-likeness (QED) is 0.458. The average Bonchev–Trinajstić information content (AvgIpc) is 2.62. The van der Waals surface area contributed by atoms with E-state index in [4.69, 9.17) is 14.7 Å². The highest BCUT2D eigenvalue weighted by molar-refractivity contribution is 5.92. The Morgan fingerprint density at radius 1 is 1.31 bits per heavy atom. The van der Waals surface area contributed by atoms with Crippen LogP contribution in [0, 0.1) is 5.41 Å². The average molecular weight is 185 g/mol. The van der Waals surface area contributed by atoms with Crippen molar-refractivity contribution in [1.82, 2.24) is 0 Å². The maximum Gasteiger partial charge on any atom is 0.179 e. The first-order chi connectivity index (χ1) is 6.12. The molecule has 0 amide bonds. The van der Waals surface area contributed by atoms with Crippen molar-refractivity contribution in [2.75, 3.05) is 13.2 Å². The van der Waals surface area contributed by atoms with E-state index in [0.29, 0.717) is 13.2 Å². The fourth-order valence-corrected chi connectivity index (χ4v) is 2.26. The molecule has 0 atom stereocenters. The van der Waals surface area contributed by atoms with Gasteiger partial charge in [-0.15, -0.1) is 0 Å². The minimum absolute atomic E-state index is 0.307. The summed E-state index contributed by atoms with van der Waals surface area (Å²) >= 11 is 0. The van der Waals surface area contributed by atoms with Crippen LogP contribution >= 0.6 is 0 Å². The summed E-state index contributed by atoms with van der Waals surface area (Å²) in [5.74, 6) is -0.533. The molecule has 1 aliphatic heterocycles. The van der Waals surface area contributed by atoms with Gasteiger partial charge < -0.3 is 14.7 Å². The Morgan fingerprint density at radius 2 is 1.92 bits per heavy atom. The van der Waals surface area contributed by atoms with Gasteiger partial charge in [0.25, 0.3) is 0 Å². The number of hydrogen-bond acceptors (Lipinski definition) is 4. The molecule has 2 fully saturated rings. The Kier molecular flexibility index (Phi) is 1.85. The third kappa shape index (κ3) is 1.02. The van der Waals surface area contributed by atoms with Crippen molar-refractivity contribution >= 4 is 5.71 Å². The van der Waals surface area contributed by atoms with Crippen molar-refractivity contribution in [3.05, 3.63) is 0 Å². The number of hydrogen-bond donors (Lipinski definition) is 1. The predicted octanol–water partition coefficient (Wildman–Crippen LogP) is 1.38. The van der Waals surface area contributed by atoms with Crippen LogP contribution in [0.3, 0.4) is 0 Å². The van der Waals surface area contributed by atoms with E-state index < -0.39 is 5.79 Å². The number of nitrogens with zero attached hydrogens (tertiary/aromatic N) is 1. The van der Waals surface area contributed by atoms with Crippen molar-refractivity contribution in [3.8, 4) is 0 Å². The van der Waals surface area contributed by atoms with Crippen LogP contribution in [0.25, 0.3) is 0 Å². The lowest BCUT2D eigenvalue weighted by Gasteiger charge is -2.35. The molecule has 1 saturated carbocycles. The summed E-state index contributed by atoms with van der Waals surface area (Å²) in [7, 11) is 0. The van der Waals surface area contributed by atoms with Gasteiger partial charge in [-0.05, 0) is 20.3 Å². The Balaban J connectivity index is 2.33. The second kappa shape index (κ2) is 2.69. The van der Waals surface area contributed by atoms with Crippen LogP contribution in [0.2, 0.25) is 0 Å². The lowest BCUT2D eigenvalue weighted by atomic mass is 9.84. The molecule has 1 N–H and O–H groups in total. The van der Waals surface area contributed by atoms with Gasteiger partial charge in [-0.2, -0.15) is 0 Å². The molecular formula is C9H15NO3. The minimum Gasteiger partial charge on any atom is -0.411 e. The van der Waals surface area contributed by atoms with Crippen molar-refractivity contribution in [2.24, 2.45) is 10.6 Å². The van der Waals surface area contributed by atoms with Gasteiger partial charge in [0, 0.05) is 6.42 Å². The van der Waals surface area contributed by atoms with E-state index in [2.05, 4.69) is 5.16 Å². The van der Waals surface area contributed by atoms with E-state index in [1.807, 2.05) is 13.8 Å². The van der Waals surface area contributed by atoms with Crippen LogP contribution in [0.5, 0.6) is 0 Å². The zero-order valence-corrected chi connectivity index (χ0v) is 8.04. The Labute approximate surface area is 77.5 Å². The number of ether oxygens (including phenoxy) is 2. The summed E-state index contributed by atoms with van der Waals surface area (Å²) < 4.78 is 11.3. The largest absolute Gasteiger partial charge is 0.411 e. The van der Waals surface area contributed by atoms with Gasteiger partial charge >= 0.3 is 0 Å². The molecule has 1 heterocycles. The first-order valence-corrected chi connectivity index (χ1v) is 4.62. The maximum atomic E-state index is 8.82. The summed E-state index contributed by atoms with van der Waals surface area (Å²) in [6, 6.07) is 0. The second-order valence-electron chi connectivity index (χ2n) is 4.12. The lowest BCUT2D eigenvalue weighted by molar-refractivity contribution is -0.198. The minimum atomic E-state index is -0.533. The summed E-state index contributed by atoms with van der Waals surface area (Å²) in [5, 5.41) is 12.1. The smallest absolute Gasteiger partial charge is 0.179 e. The molecule has 1 aliphatic carbocycles. The molecule has 1 saturated heterocycles. The molecule has 13 heavy (non-hydrogen) atoms. The van der Waals surface area contributed by atoms with E-state index in [-0.39, 0.29) is 5.41 Å². The van der Waals surface area contributed by atoms with Gasteiger partial charge in [-0.1, -0.05) is 5.16 Å². The Morgan fingerprint density at radius 3 is 2.38 bits per heavy atom. The maximum absolute atomic E-state index is 8.82. The summed E-state index contributed by atoms with van der Waals surface area (Å²) in [6.07, 6.45) is 1.54. The molecule has 0 radical (unpaired) electrons. The predicted molar refractivity (Wildman–Crippen MR) is 46.9 cm³/mol. The fraction of sp³-hybridized carbons (Fsp3) is 0.889. The molecular weight excluding hydrogens is 170 g/mol. The monoisotopic (exact) mass is 185 g/mol. The van der Waals surface area contributed by atoms with Crippen LogP contribution in [0.15, 0.2) is 5.16 Å². The van der Waals surface area contributed by atoms with Gasteiger partial charge in [0.2, 0.25) is 0 Å². The van der Waals surface area contributed by atoms with Crippen LogP contribution in [0.4, 0.5) is 0 Å². The second-order valence-corrected chi connectivity index (χ2v) is 4.12. The van der Waals surface area contributed by atoms with Crippen molar-refractivity contribution in [3.63, 3.8) is 0 Å². The van der Waals surface area contributed by atoms with Crippen molar-refractivity contribution in [1.29, 1.82) is 0 Å². The lowest BCUT2D eigenvalue weighted by Crippen LogP contribution is -2.44. The Bertz CT molecular complexity index is 241. The van der Waals surface area contributed by atoms with E-state index >= 15 is 0 Å². The normalized spacial score (nSPS) is 33.2. The summed E-state index contributed by atoms with van der Waals surface area (Å²) in [5.41, 5.74) is 0.465. The van der Waals surface area contributed by atoms with E-state index in [9.17, 15) is 0 Å². The molecule has 0 bridgehead atoms. The highest BCUT2D eigenvalue weighted by atomic mass is 16.7. The summed E-state index contributed by atoms with van der Waals surface area (Å²) in [4.78, 5) is 0. The van der Waals surface area contributed by atoms with Crippen molar-refractivity contribution in [2.45, 2.75) is 32.5 Å². The highest BCUT2D eigenvalue weighted by Crippen LogP contribution is 2.49. The van der Waals surface area contributed by atoms with Crippen LogP contribution < -0.4 is 0 Å². The van der Waals surface area contributed by atoms with Crippen LogP contribution in [0.1, 0.15) is 26.7 Å². The number of oxime groups is 1. The molecule has 74 valence electrons. The molecule has 2 aliphatic rings. The van der Waals surface area contributed by atoms with Gasteiger partial charge in [0.1, 0.15) is 0 Å². The molecule has 4 nitrogen and oxygen atoms in total. The molecule has 4 heteroatoms. The third-order valence-corrected chi connectivity index (χ3v) is 3.24. The van der Waals surface area contributed by atoms with Gasteiger partial charge in [0.15, 0.2) is 5.79 Å². The topological polar surface area (TPSA) is 51.1 Å². The first kappa shape index (κ1) is 8.97. The molecule has 2 rings (SSSR count). The van der Waals surface area contributed by atoms with Crippen LogP contribution in [-0.2, 0) is 9.47 Å². The number of rotatable bonds is 0. The Hall–Kier alpha value is -0.610. The van der Waals surface area contributed by atoms with Crippen molar-refractivity contribution < 1.29 is 14.7 Å². The molecule has 0 aromatic heterocycles.